The fourth-order valence-corrected chi connectivity index (χ4v) is 8.81. The van der Waals surface area contributed by atoms with Gasteiger partial charge in [-0.15, -0.1) is 0 Å². The van der Waals surface area contributed by atoms with Crippen LogP contribution in [0.5, 0.6) is 0 Å². The summed E-state index contributed by atoms with van der Waals surface area (Å²) < 4.78 is 11.6. The van der Waals surface area contributed by atoms with Gasteiger partial charge in [0.2, 0.25) is 0 Å². The Balaban J connectivity index is 1.17. The van der Waals surface area contributed by atoms with Crippen LogP contribution in [-0.4, -0.2) is 24.1 Å². The van der Waals surface area contributed by atoms with Gasteiger partial charge < -0.3 is 9.47 Å². The summed E-state index contributed by atoms with van der Waals surface area (Å²) in [5.41, 5.74) is -0.688. The van der Waals surface area contributed by atoms with Crippen LogP contribution in [0.1, 0.15) is 92.4 Å². The maximum absolute atomic E-state index is 12.8. The van der Waals surface area contributed by atoms with Crippen LogP contribution in [0, 0.1) is 52.3 Å². The van der Waals surface area contributed by atoms with E-state index < -0.39 is 11.0 Å². The highest BCUT2D eigenvalue weighted by Gasteiger charge is 2.70. The molecule has 0 aliphatic heterocycles. The van der Waals surface area contributed by atoms with Crippen molar-refractivity contribution >= 4 is 11.9 Å². The molecule has 0 heterocycles. The van der Waals surface area contributed by atoms with Crippen molar-refractivity contribution in [2.24, 2.45) is 52.3 Å². The average Bonchev–Trinajstić information content (AvgIpc) is 2.73. The van der Waals surface area contributed by atoms with E-state index in [0.29, 0.717) is 19.4 Å². The number of ether oxygens (including phenoxy) is 2. The molecule has 4 nitrogen and oxygen atoms in total. The molecule has 7 saturated carbocycles. The first-order valence-electron chi connectivity index (χ1n) is 13.0. The Hall–Kier alpha value is -1.06. The Morgan fingerprint density at radius 2 is 1.39 bits per heavy atom. The lowest BCUT2D eigenvalue weighted by molar-refractivity contribution is -0.272. The number of rotatable bonds is 8. The third-order valence-electron chi connectivity index (χ3n) is 10.8. The van der Waals surface area contributed by atoms with E-state index in [4.69, 9.17) is 9.47 Å². The molecule has 174 valence electrons. The van der Waals surface area contributed by atoms with Gasteiger partial charge in [0.15, 0.2) is 0 Å². The summed E-state index contributed by atoms with van der Waals surface area (Å²) in [5, 5.41) is 0. The molecule has 0 aromatic carbocycles. The van der Waals surface area contributed by atoms with Crippen LogP contribution < -0.4 is 0 Å². The smallest absolute Gasteiger partial charge is 0.311 e. The second kappa shape index (κ2) is 7.22. The molecule has 0 N–H and O–H groups in total. The van der Waals surface area contributed by atoms with Crippen LogP contribution in [-0.2, 0) is 19.1 Å². The predicted octanol–water partition coefficient (Wildman–Crippen LogP) is 5.78. The highest BCUT2D eigenvalue weighted by atomic mass is 16.6. The van der Waals surface area contributed by atoms with Crippen molar-refractivity contribution in [3.63, 3.8) is 0 Å². The molecular formula is C27H42O4. The summed E-state index contributed by atoms with van der Waals surface area (Å²) in [6.07, 6.45) is 9.89. The summed E-state index contributed by atoms with van der Waals surface area (Å²) >= 11 is 0. The molecule has 0 amide bonds. The first-order valence-corrected chi connectivity index (χ1v) is 13.0. The quantitative estimate of drug-likeness (QED) is 0.362. The Bertz CT molecular complexity index is 690. The molecular weight excluding hydrogens is 388 g/mol. The van der Waals surface area contributed by atoms with E-state index in [1.54, 1.807) is 0 Å². The third-order valence-corrected chi connectivity index (χ3v) is 10.8. The molecule has 0 spiro atoms. The minimum absolute atomic E-state index is 0.129. The highest BCUT2D eigenvalue weighted by molar-refractivity contribution is 5.75. The lowest BCUT2D eigenvalue weighted by Crippen LogP contribution is -2.69. The van der Waals surface area contributed by atoms with Gasteiger partial charge in [-0.1, -0.05) is 6.92 Å². The molecule has 0 unspecified atom stereocenters. The lowest BCUT2D eigenvalue weighted by atomic mass is 9.31. The second-order valence-corrected chi connectivity index (χ2v) is 12.9. The molecule has 0 aromatic heterocycles. The molecule has 7 fully saturated rings. The van der Waals surface area contributed by atoms with Gasteiger partial charge in [-0.2, -0.15) is 0 Å². The molecule has 7 aliphatic carbocycles. The van der Waals surface area contributed by atoms with Crippen molar-refractivity contribution < 1.29 is 19.1 Å². The molecule has 7 rings (SSSR count). The molecule has 0 atom stereocenters. The van der Waals surface area contributed by atoms with Gasteiger partial charge in [-0.3, -0.25) is 9.59 Å². The van der Waals surface area contributed by atoms with E-state index in [0.717, 1.165) is 47.8 Å². The van der Waals surface area contributed by atoms with Crippen molar-refractivity contribution in [1.29, 1.82) is 0 Å². The topological polar surface area (TPSA) is 52.6 Å². The Morgan fingerprint density at radius 3 is 1.87 bits per heavy atom. The Morgan fingerprint density at radius 1 is 0.871 bits per heavy atom. The maximum Gasteiger partial charge on any atom is 0.311 e. The lowest BCUT2D eigenvalue weighted by Gasteiger charge is -2.74. The summed E-state index contributed by atoms with van der Waals surface area (Å²) in [7, 11) is 0. The molecule has 0 radical (unpaired) electrons. The zero-order chi connectivity index (χ0) is 22.2. The molecule has 8 bridgehead atoms. The Labute approximate surface area is 188 Å². The number of carbonyl (C=O) groups excluding carboxylic acids is 2. The number of esters is 2. The van der Waals surface area contributed by atoms with E-state index in [-0.39, 0.29) is 17.4 Å². The normalized spacial score (nSPS) is 42.2. The number of hydrogen-bond donors (Lipinski definition) is 0. The van der Waals surface area contributed by atoms with Crippen molar-refractivity contribution in [1.82, 2.24) is 0 Å². The van der Waals surface area contributed by atoms with E-state index >= 15 is 0 Å². The van der Waals surface area contributed by atoms with Gasteiger partial charge in [0, 0.05) is 11.8 Å². The predicted molar refractivity (Wildman–Crippen MR) is 119 cm³/mol. The van der Waals surface area contributed by atoms with Gasteiger partial charge in [0.05, 0.1) is 12.0 Å². The minimum atomic E-state index is -0.459. The largest absolute Gasteiger partial charge is 0.465 e. The van der Waals surface area contributed by atoms with Crippen molar-refractivity contribution in [3.05, 3.63) is 0 Å². The van der Waals surface area contributed by atoms with E-state index in [1.165, 1.54) is 38.5 Å². The average molecular weight is 431 g/mol. The van der Waals surface area contributed by atoms with Crippen LogP contribution in [0.3, 0.4) is 0 Å². The van der Waals surface area contributed by atoms with Crippen molar-refractivity contribution in [3.8, 4) is 0 Å². The first kappa shape index (κ1) is 21.8. The molecule has 0 aromatic rings. The second-order valence-electron chi connectivity index (χ2n) is 12.9. The fourth-order valence-electron chi connectivity index (χ4n) is 8.81. The first-order chi connectivity index (χ1) is 14.6. The zero-order valence-corrected chi connectivity index (χ0v) is 20.2. The van der Waals surface area contributed by atoms with Crippen LogP contribution in [0.15, 0.2) is 0 Å². The summed E-state index contributed by atoms with van der Waals surface area (Å²) in [6, 6.07) is 0. The Kier molecular flexibility index (Phi) is 5.07. The van der Waals surface area contributed by atoms with Crippen molar-refractivity contribution in [2.75, 3.05) is 6.61 Å². The fraction of sp³-hybridized carbons (Fsp3) is 0.926. The van der Waals surface area contributed by atoms with Crippen LogP contribution in [0.25, 0.3) is 0 Å². The van der Waals surface area contributed by atoms with Gasteiger partial charge in [0.1, 0.15) is 5.60 Å². The van der Waals surface area contributed by atoms with Crippen molar-refractivity contribution in [2.45, 2.75) is 98.0 Å². The molecule has 0 saturated heterocycles. The van der Waals surface area contributed by atoms with Crippen LogP contribution in [0.2, 0.25) is 0 Å². The van der Waals surface area contributed by atoms with E-state index in [1.807, 2.05) is 20.8 Å². The van der Waals surface area contributed by atoms with Crippen LogP contribution in [0.4, 0.5) is 0 Å². The summed E-state index contributed by atoms with van der Waals surface area (Å²) in [5.74, 6) is 6.31. The summed E-state index contributed by atoms with van der Waals surface area (Å²) in [6.45, 7) is 10.4. The summed E-state index contributed by atoms with van der Waals surface area (Å²) in [4.78, 5) is 24.9. The van der Waals surface area contributed by atoms with Gasteiger partial charge in [-0.05, 0) is 120 Å². The van der Waals surface area contributed by atoms with Crippen LogP contribution >= 0.6 is 0 Å². The number of hydrogen-bond acceptors (Lipinski definition) is 4. The monoisotopic (exact) mass is 430 g/mol. The minimum Gasteiger partial charge on any atom is -0.465 e. The molecule has 31 heavy (non-hydrogen) atoms. The standard InChI is InChI=1S/C27H42O4/c1-6-25(2,3)24(29)30-9-7-8-23(28)31-26(4,5)27-13-20-17-10-16-11-18(20)22(15-27)19(12-16)21(17)14-27/h16-22H,6-15H2,1-5H3. The number of carbonyl (C=O) groups is 2. The zero-order valence-electron chi connectivity index (χ0n) is 20.2. The SMILES string of the molecule is CCC(C)(C)C(=O)OCCCC(=O)OC(C)(C)C12CC3C4CC5CC3C(C1)C(C5)C4C2. The maximum atomic E-state index is 12.8. The van der Waals surface area contributed by atoms with Gasteiger partial charge >= 0.3 is 11.9 Å². The van der Waals surface area contributed by atoms with E-state index in [2.05, 4.69) is 13.8 Å². The molecule has 7 aliphatic rings. The highest BCUT2D eigenvalue weighted by Crippen LogP contribution is 2.76. The molecule has 4 heteroatoms. The van der Waals surface area contributed by atoms with Gasteiger partial charge in [0.25, 0.3) is 0 Å². The van der Waals surface area contributed by atoms with Gasteiger partial charge in [-0.25, -0.2) is 0 Å². The third kappa shape index (κ3) is 3.29. The van der Waals surface area contributed by atoms with E-state index in [9.17, 15) is 9.59 Å².